The highest BCUT2D eigenvalue weighted by atomic mass is 16.9. The first-order valence-corrected chi connectivity index (χ1v) is 5.70. The maximum Gasteiger partial charge on any atom is 0.0940 e. The Hall–Kier alpha value is -1.02. The Labute approximate surface area is 107 Å². The van der Waals surface area contributed by atoms with E-state index in [2.05, 4.69) is 15.3 Å². The third-order valence-electron chi connectivity index (χ3n) is 1.75. The van der Waals surface area contributed by atoms with Gasteiger partial charge >= 0.3 is 0 Å². The van der Waals surface area contributed by atoms with Gasteiger partial charge in [-0.1, -0.05) is 36.0 Å². The third kappa shape index (κ3) is 11.5. The van der Waals surface area contributed by atoms with E-state index in [1.54, 1.807) is 0 Å². The summed E-state index contributed by atoms with van der Waals surface area (Å²) in [6.07, 6.45) is 0.765. The van der Waals surface area contributed by atoms with Crippen LogP contribution in [0, 0.1) is 0 Å². The van der Waals surface area contributed by atoms with E-state index in [0.717, 1.165) is 6.42 Å². The molecule has 0 heterocycles. The molecule has 0 saturated heterocycles. The molecule has 18 heavy (non-hydrogen) atoms. The predicted octanol–water partition coefficient (Wildman–Crippen LogP) is -0.355. The molecule has 0 fully saturated rings. The minimum absolute atomic E-state index is 0.0600. The van der Waals surface area contributed by atoms with Crippen LogP contribution in [0.3, 0.4) is 0 Å². The molecule has 0 spiro atoms. The third-order valence-corrected chi connectivity index (χ3v) is 1.75. The molecule has 0 atom stereocenters. The predicted molar refractivity (Wildman–Crippen MR) is 66.4 cm³/mol. The summed E-state index contributed by atoms with van der Waals surface area (Å²) in [5.41, 5.74) is 3.26. The fraction of sp³-hybridized carbons (Fsp3) is 0.500. The molecule has 1 aromatic rings. The fourth-order valence-electron chi connectivity index (χ4n) is 0.990. The van der Waals surface area contributed by atoms with Gasteiger partial charge in [0.2, 0.25) is 0 Å². The first-order chi connectivity index (χ1) is 8.85. The molecule has 0 bridgehead atoms. The number of benzene rings is 1. The summed E-state index contributed by atoms with van der Waals surface area (Å²) >= 11 is 0. The molecular weight excluding hydrogens is 238 g/mol. The van der Waals surface area contributed by atoms with Crippen molar-refractivity contribution in [2.75, 3.05) is 33.0 Å². The Morgan fingerprint density at radius 1 is 0.833 bits per heavy atom. The number of nitrogens with one attached hydrogen (secondary N) is 1. The molecular formula is C12H21NO5. The summed E-state index contributed by atoms with van der Waals surface area (Å²) < 4.78 is 0. The molecule has 104 valence electrons. The first kappa shape index (κ1) is 17.0. The monoisotopic (exact) mass is 259 g/mol. The van der Waals surface area contributed by atoms with Crippen molar-refractivity contribution in [1.82, 2.24) is 5.64 Å². The second kappa shape index (κ2) is 14.0. The lowest BCUT2D eigenvalue weighted by molar-refractivity contribution is -0.178. The molecule has 0 aliphatic rings. The van der Waals surface area contributed by atoms with Gasteiger partial charge in [-0.25, -0.2) is 0 Å². The molecule has 1 aromatic carbocycles. The van der Waals surface area contributed by atoms with Crippen LogP contribution in [0.1, 0.15) is 5.56 Å². The van der Waals surface area contributed by atoms with Gasteiger partial charge in [-0.15, -0.1) is 0 Å². The number of aliphatic hydroxyl groups excluding tert-OH is 3. The van der Waals surface area contributed by atoms with Crippen molar-refractivity contribution in [3.63, 3.8) is 0 Å². The zero-order valence-electron chi connectivity index (χ0n) is 10.3. The van der Waals surface area contributed by atoms with E-state index in [0.29, 0.717) is 0 Å². The van der Waals surface area contributed by atoms with Crippen LogP contribution in [0.5, 0.6) is 0 Å². The standard InChI is InChI=1S/C8H10O.C4H11NO4/c9-7-6-8-4-2-1-3-5-8;6-1-3-8-5-9-4-2-7/h1-5,9H,6-7H2;5-7H,1-4H2. The van der Waals surface area contributed by atoms with Crippen LogP contribution in [-0.4, -0.2) is 48.4 Å². The van der Waals surface area contributed by atoms with E-state index in [1.807, 2.05) is 30.3 Å². The maximum atomic E-state index is 8.52. The highest BCUT2D eigenvalue weighted by Gasteiger charge is 1.85. The summed E-state index contributed by atoms with van der Waals surface area (Å²) in [6, 6.07) is 9.95. The molecule has 4 N–H and O–H groups in total. The SMILES string of the molecule is OCCONOCCO.OCCc1ccccc1. The Kier molecular flexibility index (Phi) is 13.2. The Bertz CT molecular complexity index is 252. The van der Waals surface area contributed by atoms with Gasteiger partial charge in [-0.05, 0) is 12.0 Å². The molecule has 0 aromatic heterocycles. The maximum absolute atomic E-state index is 8.52. The van der Waals surface area contributed by atoms with Gasteiger partial charge in [0.1, 0.15) is 0 Å². The van der Waals surface area contributed by atoms with Gasteiger partial charge in [0.05, 0.1) is 26.4 Å². The molecule has 0 aliphatic heterocycles. The van der Waals surface area contributed by atoms with Crippen molar-refractivity contribution < 1.29 is 25.0 Å². The van der Waals surface area contributed by atoms with Crippen molar-refractivity contribution in [3.05, 3.63) is 35.9 Å². The van der Waals surface area contributed by atoms with Gasteiger partial charge in [0, 0.05) is 6.61 Å². The van der Waals surface area contributed by atoms with Crippen molar-refractivity contribution in [2.24, 2.45) is 0 Å². The molecule has 0 unspecified atom stereocenters. The largest absolute Gasteiger partial charge is 0.396 e. The highest BCUT2D eigenvalue weighted by molar-refractivity contribution is 5.14. The van der Waals surface area contributed by atoms with Gasteiger partial charge in [-0.2, -0.15) is 0 Å². The Balaban J connectivity index is 0.000000321. The lowest BCUT2D eigenvalue weighted by Gasteiger charge is -2.01. The van der Waals surface area contributed by atoms with Crippen LogP contribution in [-0.2, 0) is 16.1 Å². The van der Waals surface area contributed by atoms with Crippen LogP contribution in [0.4, 0.5) is 0 Å². The lowest BCUT2D eigenvalue weighted by atomic mass is 10.2. The topological polar surface area (TPSA) is 91.2 Å². The van der Waals surface area contributed by atoms with Crippen LogP contribution < -0.4 is 5.64 Å². The second-order valence-corrected chi connectivity index (χ2v) is 3.19. The second-order valence-electron chi connectivity index (χ2n) is 3.19. The van der Waals surface area contributed by atoms with Crippen LogP contribution in [0.15, 0.2) is 30.3 Å². The Morgan fingerprint density at radius 2 is 1.39 bits per heavy atom. The van der Waals surface area contributed by atoms with Gasteiger partial charge < -0.3 is 15.3 Å². The summed E-state index contributed by atoms with van der Waals surface area (Å²) in [4.78, 5) is 8.90. The van der Waals surface area contributed by atoms with Crippen LogP contribution in [0.25, 0.3) is 0 Å². The van der Waals surface area contributed by atoms with Crippen molar-refractivity contribution in [1.29, 1.82) is 0 Å². The number of rotatable bonds is 8. The van der Waals surface area contributed by atoms with E-state index in [9.17, 15) is 0 Å². The van der Waals surface area contributed by atoms with Crippen molar-refractivity contribution in [3.8, 4) is 0 Å². The van der Waals surface area contributed by atoms with Crippen LogP contribution in [0.2, 0.25) is 0 Å². The normalized spacial score (nSPS) is 9.72. The summed E-state index contributed by atoms with van der Waals surface area (Å²) in [7, 11) is 0. The molecule has 0 amide bonds. The van der Waals surface area contributed by atoms with Crippen molar-refractivity contribution >= 4 is 0 Å². The zero-order valence-corrected chi connectivity index (χ0v) is 10.3. The summed E-state index contributed by atoms with van der Waals surface area (Å²) in [6.45, 7) is 0.464. The number of aliphatic hydroxyl groups is 3. The van der Waals surface area contributed by atoms with E-state index >= 15 is 0 Å². The number of hydrogen-bond donors (Lipinski definition) is 4. The minimum atomic E-state index is -0.0600. The summed E-state index contributed by atoms with van der Waals surface area (Å²) in [5.74, 6) is 0. The van der Waals surface area contributed by atoms with Crippen molar-refractivity contribution in [2.45, 2.75) is 6.42 Å². The molecule has 1 rings (SSSR count). The van der Waals surface area contributed by atoms with E-state index in [1.165, 1.54) is 5.56 Å². The average Bonchev–Trinajstić information content (AvgIpc) is 2.41. The average molecular weight is 259 g/mol. The molecule has 0 radical (unpaired) electrons. The molecule has 6 heteroatoms. The summed E-state index contributed by atoms with van der Waals surface area (Å²) in [5, 5.41) is 24.8. The molecule has 0 aliphatic carbocycles. The zero-order chi connectivity index (χ0) is 13.5. The minimum Gasteiger partial charge on any atom is -0.396 e. The number of hydrogen-bond acceptors (Lipinski definition) is 6. The smallest absolute Gasteiger partial charge is 0.0940 e. The van der Waals surface area contributed by atoms with E-state index in [4.69, 9.17) is 15.3 Å². The van der Waals surface area contributed by atoms with Crippen LogP contribution >= 0.6 is 0 Å². The first-order valence-electron chi connectivity index (χ1n) is 5.70. The van der Waals surface area contributed by atoms with Gasteiger partial charge in [0.25, 0.3) is 0 Å². The van der Waals surface area contributed by atoms with Gasteiger partial charge in [-0.3, -0.25) is 9.68 Å². The van der Waals surface area contributed by atoms with Gasteiger partial charge in [0.15, 0.2) is 0 Å². The quantitative estimate of drug-likeness (QED) is 0.377. The highest BCUT2D eigenvalue weighted by Crippen LogP contribution is 1.97. The molecule has 6 nitrogen and oxygen atoms in total. The Morgan fingerprint density at radius 3 is 1.83 bits per heavy atom. The van der Waals surface area contributed by atoms with E-state index in [-0.39, 0.29) is 33.0 Å². The fourth-order valence-corrected chi connectivity index (χ4v) is 0.990. The molecule has 0 saturated carbocycles. The lowest BCUT2D eigenvalue weighted by Crippen LogP contribution is -2.19. The van der Waals surface area contributed by atoms with E-state index < -0.39 is 0 Å².